The summed E-state index contributed by atoms with van der Waals surface area (Å²) in [6.07, 6.45) is -0.798. The Hall–Kier alpha value is -4.57. The first kappa shape index (κ1) is 31.4. The molecule has 11 heteroatoms. The molecule has 0 aliphatic rings. The molecule has 0 spiro atoms. The number of rotatable bonds is 9. The highest BCUT2D eigenvalue weighted by molar-refractivity contribution is 6.30. The maximum atomic E-state index is 13.8. The third kappa shape index (κ3) is 7.26. The molecule has 226 valence electrons. The second-order valence-electron chi connectivity index (χ2n) is 11.2. The fourth-order valence-electron chi connectivity index (χ4n) is 4.73. The molecule has 1 atom stereocenters. The normalized spacial score (nSPS) is 12.1. The topological polar surface area (TPSA) is 125 Å². The van der Waals surface area contributed by atoms with Gasteiger partial charge in [0.2, 0.25) is 5.91 Å². The third-order valence-corrected chi connectivity index (χ3v) is 7.53. The summed E-state index contributed by atoms with van der Waals surface area (Å²) >= 11 is 6.03. The molecule has 0 aliphatic carbocycles. The molecule has 4 rings (SSSR count). The van der Waals surface area contributed by atoms with E-state index in [0.717, 1.165) is 5.56 Å². The number of likely N-dealkylation sites (N-methyl/N-ethyl adjacent to an activating group) is 1. The lowest BCUT2D eigenvalue weighted by molar-refractivity contribution is -0.119. The SMILES string of the molecule is COc1ccc(C[C@H](Nc2nc3ccc(CN(C(=O)O)C(C)(C)C)c(C)c3c(=O)o2)C(=O)N(C)c2ccc(Cl)cc2)cc1. The summed E-state index contributed by atoms with van der Waals surface area (Å²) in [5, 5.41) is 13.6. The summed E-state index contributed by atoms with van der Waals surface area (Å²) in [6, 6.07) is 16.7. The molecule has 10 nitrogen and oxygen atoms in total. The second-order valence-corrected chi connectivity index (χ2v) is 11.6. The zero-order valence-electron chi connectivity index (χ0n) is 25.0. The maximum absolute atomic E-state index is 13.8. The Morgan fingerprint density at radius 2 is 1.72 bits per heavy atom. The van der Waals surface area contributed by atoms with Gasteiger partial charge in [0.25, 0.3) is 6.01 Å². The quantitative estimate of drug-likeness (QED) is 0.233. The van der Waals surface area contributed by atoms with E-state index in [2.05, 4.69) is 10.3 Å². The number of methoxy groups -OCH3 is 1. The van der Waals surface area contributed by atoms with Crippen LogP contribution in [0.4, 0.5) is 16.5 Å². The molecule has 0 bridgehead atoms. The lowest BCUT2D eigenvalue weighted by atomic mass is 10.0. The van der Waals surface area contributed by atoms with Gasteiger partial charge in [0, 0.05) is 36.3 Å². The van der Waals surface area contributed by atoms with E-state index in [1.54, 1.807) is 90.4 Å². The predicted molar refractivity (Wildman–Crippen MR) is 167 cm³/mol. The van der Waals surface area contributed by atoms with Crippen molar-refractivity contribution in [3.05, 3.63) is 92.8 Å². The van der Waals surface area contributed by atoms with Crippen molar-refractivity contribution in [2.75, 3.05) is 24.4 Å². The Labute approximate surface area is 254 Å². The van der Waals surface area contributed by atoms with Crippen LogP contribution in [0, 0.1) is 6.92 Å². The number of nitrogens with one attached hydrogen (secondary N) is 1. The van der Waals surface area contributed by atoms with Gasteiger partial charge in [0.1, 0.15) is 11.8 Å². The smallest absolute Gasteiger partial charge is 0.408 e. The van der Waals surface area contributed by atoms with Gasteiger partial charge in [0.05, 0.1) is 18.0 Å². The lowest BCUT2D eigenvalue weighted by Crippen LogP contribution is -2.44. The highest BCUT2D eigenvalue weighted by Gasteiger charge is 2.28. The Balaban J connectivity index is 1.68. The van der Waals surface area contributed by atoms with E-state index in [-0.39, 0.29) is 30.3 Å². The summed E-state index contributed by atoms with van der Waals surface area (Å²) in [4.78, 5) is 46.2. The van der Waals surface area contributed by atoms with Crippen LogP contribution in [-0.4, -0.2) is 52.7 Å². The van der Waals surface area contributed by atoms with Gasteiger partial charge >= 0.3 is 11.7 Å². The number of halogens is 1. The van der Waals surface area contributed by atoms with Crippen molar-refractivity contribution in [1.82, 2.24) is 9.88 Å². The zero-order chi connectivity index (χ0) is 31.5. The minimum atomic E-state index is -1.06. The fraction of sp³-hybridized carbons (Fsp3) is 0.312. The van der Waals surface area contributed by atoms with E-state index in [4.69, 9.17) is 20.8 Å². The minimum Gasteiger partial charge on any atom is -0.497 e. The Morgan fingerprint density at radius 1 is 1.07 bits per heavy atom. The number of fused-ring (bicyclic) bond motifs is 1. The van der Waals surface area contributed by atoms with Gasteiger partial charge in [-0.15, -0.1) is 0 Å². The van der Waals surface area contributed by atoms with Crippen molar-refractivity contribution in [2.24, 2.45) is 0 Å². The van der Waals surface area contributed by atoms with E-state index >= 15 is 0 Å². The van der Waals surface area contributed by atoms with Gasteiger partial charge in [-0.2, -0.15) is 4.98 Å². The molecule has 4 aromatic rings. The Kier molecular flexibility index (Phi) is 9.30. The number of amides is 2. The summed E-state index contributed by atoms with van der Waals surface area (Å²) in [5.41, 5.74) is 1.80. The minimum absolute atomic E-state index is 0.0928. The van der Waals surface area contributed by atoms with Crippen LogP contribution in [0.3, 0.4) is 0 Å². The summed E-state index contributed by atoms with van der Waals surface area (Å²) < 4.78 is 10.8. The van der Waals surface area contributed by atoms with Crippen LogP contribution in [0.1, 0.15) is 37.5 Å². The van der Waals surface area contributed by atoms with Gasteiger partial charge in [-0.25, -0.2) is 9.59 Å². The zero-order valence-corrected chi connectivity index (χ0v) is 25.7. The molecular formula is C32H35ClN4O6. The van der Waals surface area contributed by atoms with E-state index in [0.29, 0.717) is 33.1 Å². The monoisotopic (exact) mass is 606 g/mol. The van der Waals surface area contributed by atoms with Gasteiger partial charge in [-0.3, -0.25) is 9.69 Å². The number of aromatic nitrogens is 1. The molecule has 2 amide bonds. The molecule has 3 aromatic carbocycles. The molecule has 0 saturated heterocycles. The number of ether oxygens (including phenoxy) is 1. The van der Waals surface area contributed by atoms with Crippen LogP contribution in [0.25, 0.3) is 10.9 Å². The predicted octanol–water partition coefficient (Wildman–Crippen LogP) is 6.12. The molecule has 0 saturated carbocycles. The van der Waals surface area contributed by atoms with Crippen molar-refractivity contribution < 1.29 is 23.8 Å². The fourth-order valence-corrected chi connectivity index (χ4v) is 4.86. The number of hydrogen-bond donors (Lipinski definition) is 2. The molecule has 0 radical (unpaired) electrons. The largest absolute Gasteiger partial charge is 0.497 e. The first-order valence-electron chi connectivity index (χ1n) is 13.6. The summed E-state index contributed by atoms with van der Waals surface area (Å²) in [5.74, 6) is 0.397. The highest BCUT2D eigenvalue weighted by atomic mass is 35.5. The molecule has 0 unspecified atom stereocenters. The van der Waals surface area contributed by atoms with Crippen LogP contribution in [0.5, 0.6) is 5.75 Å². The van der Waals surface area contributed by atoms with Crippen LogP contribution in [0.2, 0.25) is 5.02 Å². The number of carbonyl (C=O) groups excluding carboxylic acids is 1. The number of nitrogens with zero attached hydrogens (tertiary/aromatic N) is 3. The number of hydrogen-bond acceptors (Lipinski definition) is 7. The average Bonchev–Trinajstić information content (AvgIpc) is 2.95. The Morgan fingerprint density at radius 3 is 2.30 bits per heavy atom. The second kappa shape index (κ2) is 12.7. The molecular weight excluding hydrogens is 572 g/mol. The van der Waals surface area contributed by atoms with E-state index in [1.165, 1.54) is 9.80 Å². The molecule has 43 heavy (non-hydrogen) atoms. The average molecular weight is 607 g/mol. The summed E-state index contributed by atoms with van der Waals surface area (Å²) in [7, 11) is 3.23. The molecule has 1 heterocycles. The van der Waals surface area contributed by atoms with Crippen LogP contribution < -0.4 is 20.6 Å². The maximum Gasteiger partial charge on any atom is 0.408 e. The Bertz CT molecular complexity index is 1680. The van der Waals surface area contributed by atoms with Gasteiger partial charge in [-0.1, -0.05) is 29.8 Å². The number of benzene rings is 3. The van der Waals surface area contributed by atoms with Crippen molar-refractivity contribution in [3.63, 3.8) is 0 Å². The van der Waals surface area contributed by atoms with Crippen molar-refractivity contribution in [1.29, 1.82) is 0 Å². The number of anilines is 2. The summed E-state index contributed by atoms with van der Waals surface area (Å²) in [6.45, 7) is 7.25. The first-order chi connectivity index (χ1) is 20.3. The van der Waals surface area contributed by atoms with E-state index in [9.17, 15) is 19.5 Å². The van der Waals surface area contributed by atoms with Crippen LogP contribution in [0.15, 0.2) is 69.9 Å². The standard InChI is InChI=1S/C32H35ClN4O6/c1-19-21(18-37(31(40)41)32(2,3)4)9-16-25-27(19)29(39)43-30(34-25)35-26(17-20-7-14-24(42-6)15-8-20)28(38)36(5)23-12-10-22(33)11-13-23/h7-16,26H,17-18H2,1-6H3,(H,34,35)(H,40,41)/t26-/m0/s1. The first-order valence-corrected chi connectivity index (χ1v) is 14.0. The number of aryl methyl sites for hydroxylation is 1. The van der Waals surface area contributed by atoms with Gasteiger partial charge in [-0.05, 0) is 86.8 Å². The third-order valence-electron chi connectivity index (χ3n) is 7.28. The van der Waals surface area contributed by atoms with Crippen molar-refractivity contribution in [3.8, 4) is 5.75 Å². The molecule has 0 aliphatic heterocycles. The number of carbonyl (C=O) groups is 2. The van der Waals surface area contributed by atoms with Crippen molar-refractivity contribution in [2.45, 2.75) is 52.2 Å². The highest BCUT2D eigenvalue weighted by Crippen LogP contribution is 2.25. The van der Waals surface area contributed by atoms with E-state index in [1.807, 2.05) is 12.1 Å². The van der Waals surface area contributed by atoms with Gasteiger partial charge in [0.15, 0.2) is 0 Å². The van der Waals surface area contributed by atoms with E-state index < -0.39 is 23.3 Å². The van der Waals surface area contributed by atoms with Gasteiger partial charge < -0.3 is 24.5 Å². The lowest BCUT2D eigenvalue weighted by Gasteiger charge is -2.33. The van der Waals surface area contributed by atoms with Crippen LogP contribution in [-0.2, 0) is 17.8 Å². The molecule has 1 aromatic heterocycles. The van der Waals surface area contributed by atoms with Crippen LogP contribution >= 0.6 is 11.6 Å². The molecule has 2 N–H and O–H groups in total. The molecule has 0 fully saturated rings. The van der Waals surface area contributed by atoms with Crippen molar-refractivity contribution >= 4 is 46.2 Å². The number of carboxylic acid groups (broad SMARTS) is 1.